The Morgan fingerprint density at radius 1 is 1.06 bits per heavy atom. The third kappa shape index (κ3) is 3.89. The topological polar surface area (TPSA) is 90.9 Å². The van der Waals surface area contributed by atoms with Gasteiger partial charge in [0.25, 0.3) is 5.69 Å². The lowest BCUT2D eigenvalue weighted by molar-refractivity contribution is -0.387. The SMILES string of the molecule is O=C(c1ccccc1)c1ccc(Sc2nnc(-c3cccs3)n2C2CC2)c([N+](=O)[O-])c1. The molecule has 1 aliphatic carbocycles. The van der Waals surface area contributed by atoms with Gasteiger partial charge in [-0.1, -0.05) is 36.4 Å². The number of carbonyl (C=O) groups excluding carboxylic acids is 1. The predicted octanol–water partition coefficient (Wildman–Crippen LogP) is 5.63. The molecule has 4 aromatic rings. The molecular formula is C22H16N4O3S2. The average molecular weight is 449 g/mol. The summed E-state index contributed by atoms with van der Waals surface area (Å²) in [6.45, 7) is 0. The molecule has 31 heavy (non-hydrogen) atoms. The van der Waals surface area contributed by atoms with Crippen molar-refractivity contribution >= 4 is 34.6 Å². The Labute approximate surface area is 185 Å². The number of hydrogen-bond acceptors (Lipinski definition) is 7. The van der Waals surface area contributed by atoms with E-state index in [9.17, 15) is 14.9 Å². The second-order valence-electron chi connectivity index (χ2n) is 7.12. The van der Waals surface area contributed by atoms with E-state index in [1.807, 2.05) is 23.6 Å². The fourth-order valence-corrected chi connectivity index (χ4v) is 5.02. The van der Waals surface area contributed by atoms with Crippen LogP contribution < -0.4 is 0 Å². The van der Waals surface area contributed by atoms with Crippen molar-refractivity contribution < 1.29 is 9.72 Å². The van der Waals surface area contributed by atoms with E-state index >= 15 is 0 Å². The summed E-state index contributed by atoms with van der Waals surface area (Å²) in [4.78, 5) is 25.5. The molecular weight excluding hydrogens is 432 g/mol. The highest BCUT2D eigenvalue weighted by molar-refractivity contribution is 7.99. The Morgan fingerprint density at radius 2 is 1.87 bits per heavy atom. The van der Waals surface area contributed by atoms with Gasteiger partial charge in [-0.2, -0.15) is 0 Å². The molecule has 154 valence electrons. The fraction of sp³-hybridized carbons (Fsp3) is 0.136. The molecule has 0 bridgehead atoms. The van der Waals surface area contributed by atoms with Crippen LogP contribution in [0, 0.1) is 10.1 Å². The van der Waals surface area contributed by atoms with Gasteiger partial charge in [0, 0.05) is 23.2 Å². The summed E-state index contributed by atoms with van der Waals surface area (Å²) in [6.07, 6.45) is 2.08. The summed E-state index contributed by atoms with van der Waals surface area (Å²) in [5.41, 5.74) is 0.659. The van der Waals surface area contributed by atoms with E-state index in [0.717, 1.165) is 23.5 Å². The lowest BCUT2D eigenvalue weighted by Crippen LogP contribution is -2.03. The van der Waals surface area contributed by atoms with Crippen LogP contribution in [0.4, 0.5) is 5.69 Å². The van der Waals surface area contributed by atoms with Gasteiger partial charge in [0.1, 0.15) is 0 Å². The van der Waals surface area contributed by atoms with Crippen LogP contribution in [-0.4, -0.2) is 25.5 Å². The lowest BCUT2D eigenvalue weighted by Gasteiger charge is -2.09. The molecule has 5 rings (SSSR count). The fourth-order valence-electron chi connectivity index (χ4n) is 3.32. The van der Waals surface area contributed by atoms with Gasteiger partial charge in [0.05, 0.1) is 14.7 Å². The van der Waals surface area contributed by atoms with Crippen molar-refractivity contribution in [1.29, 1.82) is 0 Å². The first kappa shape index (κ1) is 19.7. The molecule has 0 unspecified atom stereocenters. The molecule has 9 heteroatoms. The van der Waals surface area contributed by atoms with Crippen molar-refractivity contribution in [1.82, 2.24) is 14.8 Å². The van der Waals surface area contributed by atoms with Crippen LogP contribution in [0.25, 0.3) is 10.7 Å². The molecule has 0 N–H and O–H groups in total. The lowest BCUT2D eigenvalue weighted by atomic mass is 10.0. The van der Waals surface area contributed by atoms with Gasteiger partial charge in [-0.15, -0.1) is 21.5 Å². The second kappa shape index (κ2) is 8.09. The van der Waals surface area contributed by atoms with E-state index < -0.39 is 4.92 Å². The highest BCUT2D eigenvalue weighted by atomic mass is 32.2. The summed E-state index contributed by atoms with van der Waals surface area (Å²) < 4.78 is 2.07. The van der Waals surface area contributed by atoms with Gasteiger partial charge in [-0.25, -0.2) is 0 Å². The van der Waals surface area contributed by atoms with E-state index in [0.29, 0.717) is 21.7 Å². The van der Waals surface area contributed by atoms with Crippen LogP contribution in [0.5, 0.6) is 0 Å². The number of nitro benzene ring substituents is 1. The van der Waals surface area contributed by atoms with Crippen LogP contribution in [0.1, 0.15) is 34.8 Å². The van der Waals surface area contributed by atoms with Crippen molar-refractivity contribution in [3.63, 3.8) is 0 Å². The molecule has 7 nitrogen and oxygen atoms in total. The van der Waals surface area contributed by atoms with Gasteiger partial charge in [0.2, 0.25) is 0 Å². The van der Waals surface area contributed by atoms with Crippen LogP contribution in [0.15, 0.2) is 76.1 Å². The van der Waals surface area contributed by atoms with Gasteiger partial charge >= 0.3 is 0 Å². The normalized spacial score (nSPS) is 13.3. The van der Waals surface area contributed by atoms with Gasteiger partial charge in [-0.05, 0) is 48.2 Å². The van der Waals surface area contributed by atoms with Crippen LogP contribution in [-0.2, 0) is 0 Å². The van der Waals surface area contributed by atoms with E-state index in [1.165, 1.54) is 17.8 Å². The molecule has 0 saturated heterocycles. The summed E-state index contributed by atoms with van der Waals surface area (Å²) in [5.74, 6) is 0.542. The highest BCUT2D eigenvalue weighted by Crippen LogP contribution is 2.44. The average Bonchev–Trinajstić information content (AvgIpc) is 3.31. The minimum Gasteiger partial charge on any atom is -0.298 e. The summed E-state index contributed by atoms with van der Waals surface area (Å²) in [6, 6.07) is 17.6. The number of nitrogens with zero attached hydrogens (tertiary/aromatic N) is 4. The van der Waals surface area contributed by atoms with Crippen molar-refractivity contribution in [3.05, 3.63) is 87.3 Å². The Kier molecular flexibility index (Phi) is 5.13. The number of nitro groups is 1. The Morgan fingerprint density at radius 3 is 2.55 bits per heavy atom. The molecule has 1 saturated carbocycles. The van der Waals surface area contributed by atoms with Crippen molar-refractivity contribution in [2.24, 2.45) is 0 Å². The molecule has 0 aliphatic heterocycles. The minimum atomic E-state index is -0.456. The number of carbonyl (C=O) groups is 1. The molecule has 0 amide bonds. The Bertz CT molecular complexity index is 1270. The predicted molar refractivity (Wildman–Crippen MR) is 119 cm³/mol. The number of rotatable bonds is 7. The minimum absolute atomic E-state index is 0.116. The van der Waals surface area contributed by atoms with Gasteiger partial charge < -0.3 is 0 Å². The van der Waals surface area contributed by atoms with E-state index in [2.05, 4.69) is 14.8 Å². The first-order valence-electron chi connectivity index (χ1n) is 9.66. The maximum absolute atomic E-state index is 12.7. The third-order valence-electron chi connectivity index (χ3n) is 4.97. The number of aromatic nitrogens is 3. The largest absolute Gasteiger partial charge is 0.298 e. The smallest absolute Gasteiger partial charge is 0.284 e. The van der Waals surface area contributed by atoms with Crippen LogP contribution in [0.3, 0.4) is 0 Å². The maximum atomic E-state index is 12.7. The van der Waals surface area contributed by atoms with Crippen molar-refractivity contribution in [3.8, 4) is 10.7 Å². The van der Waals surface area contributed by atoms with Crippen LogP contribution in [0.2, 0.25) is 0 Å². The molecule has 1 aliphatic rings. The zero-order chi connectivity index (χ0) is 21.4. The molecule has 2 aromatic heterocycles. The monoisotopic (exact) mass is 448 g/mol. The number of hydrogen-bond donors (Lipinski definition) is 0. The first-order chi connectivity index (χ1) is 15.1. The maximum Gasteiger partial charge on any atom is 0.284 e. The standard InChI is InChI=1S/C22H16N4O3S2/c27-20(14-5-2-1-3-6-14)15-8-11-18(17(13-15)26(28)29)31-22-24-23-21(19-7-4-12-30-19)25(22)16-9-10-16/h1-8,11-13,16H,9-10H2. The van der Waals surface area contributed by atoms with Crippen molar-refractivity contribution in [2.75, 3.05) is 0 Å². The zero-order valence-corrected chi connectivity index (χ0v) is 17.8. The first-order valence-corrected chi connectivity index (χ1v) is 11.4. The van der Waals surface area contributed by atoms with Crippen LogP contribution >= 0.6 is 23.1 Å². The summed E-state index contributed by atoms with van der Waals surface area (Å²) in [5, 5.41) is 23.1. The number of ketones is 1. The molecule has 2 heterocycles. The Hall–Kier alpha value is -3.30. The number of benzene rings is 2. The molecule has 2 aromatic carbocycles. The quantitative estimate of drug-likeness (QED) is 0.207. The third-order valence-corrected chi connectivity index (χ3v) is 6.87. The van der Waals surface area contributed by atoms with E-state index in [-0.39, 0.29) is 17.0 Å². The zero-order valence-electron chi connectivity index (χ0n) is 16.2. The number of thiophene rings is 1. The van der Waals surface area contributed by atoms with Gasteiger partial charge in [0.15, 0.2) is 16.8 Å². The molecule has 1 fully saturated rings. The van der Waals surface area contributed by atoms with E-state index in [1.54, 1.807) is 47.7 Å². The molecule has 0 radical (unpaired) electrons. The molecule has 0 spiro atoms. The second-order valence-corrected chi connectivity index (χ2v) is 9.08. The molecule has 0 atom stereocenters. The van der Waals surface area contributed by atoms with Gasteiger partial charge in [-0.3, -0.25) is 19.5 Å². The summed E-state index contributed by atoms with van der Waals surface area (Å²) in [7, 11) is 0. The van der Waals surface area contributed by atoms with E-state index in [4.69, 9.17) is 0 Å². The highest BCUT2D eigenvalue weighted by Gasteiger charge is 2.31. The van der Waals surface area contributed by atoms with Crippen molar-refractivity contribution in [2.45, 2.75) is 28.9 Å². The Balaban J connectivity index is 1.50. The summed E-state index contributed by atoms with van der Waals surface area (Å²) >= 11 is 2.80.